The van der Waals surface area contributed by atoms with E-state index in [4.69, 9.17) is 0 Å². The quantitative estimate of drug-likeness (QED) is 0.687. The number of rotatable bonds is 3. The summed E-state index contributed by atoms with van der Waals surface area (Å²) in [7, 11) is -2.92. The van der Waals surface area contributed by atoms with Crippen LogP contribution >= 0.6 is 0 Å². The van der Waals surface area contributed by atoms with Crippen molar-refractivity contribution in [1.82, 2.24) is 10.2 Å². The van der Waals surface area contributed by atoms with Gasteiger partial charge in [0.25, 0.3) is 0 Å². The SMILES string of the molecule is CCN1CCNCC1S(=O)(=O)CC. The molecule has 0 aromatic rings. The van der Waals surface area contributed by atoms with Gasteiger partial charge in [-0.25, -0.2) is 8.42 Å². The maximum Gasteiger partial charge on any atom is 0.167 e. The van der Waals surface area contributed by atoms with Crippen molar-refractivity contribution in [3.63, 3.8) is 0 Å². The van der Waals surface area contributed by atoms with Gasteiger partial charge in [0.15, 0.2) is 9.84 Å². The van der Waals surface area contributed by atoms with Crippen LogP contribution in [0.4, 0.5) is 0 Å². The molecule has 4 nitrogen and oxygen atoms in total. The Morgan fingerprint density at radius 1 is 1.46 bits per heavy atom. The zero-order valence-electron chi connectivity index (χ0n) is 8.28. The molecule has 1 atom stereocenters. The van der Waals surface area contributed by atoms with Crippen LogP contribution in [0, 0.1) is 0 Å². The van der Waals surface area contributed by atoms with Gasteiger partial charge in [-0.2, -0.15) is 0 Å². The van der Waals surface area contributed by atoms with Gasteiger partial charge in [0.2, 0.25) is 0 Å². The van der Waals surface area contributed by atoms with Crippen LogP contribution in [0.1, 0.15) is 13.8 Å². The van der Waals surface area contributed by atoms with Crippen LogP contribution in [-0.4, -0.2) is 50.6 Å². The van der Waals surface area contributed by atoms with Gasteiger partial charge in [-0.3, -0.25) is 4.90 Å². The first-order valence-corrected chi connectivity index (χ1v) is 6.49. The van der Waals surface area contributed by atoms with Gasteiger partial charge in [0, 0.05) is 25.4 Å². The predicted octanol–water partition coefficient (Wildman–Crippen LogP) is -0.328. The van der Waals surface area contributed by atoms with Crippen LogP contribution < -0.4 is 5.32 Å². The molecule has 1 unspecified atom stereocenters. The standard InChI is InChI=1S/C8H18N2O2S/c1-3-10-6-5-9-7-8(10)13(11,12)4-2/h8-9H,3-7H2,1-2H3. The number of sulfone groups is 1. The molecule has 78 valence electrons. The zero-order chi connectivity index (χ0) is 9.90. The summed E-state index contributed by atoms with van der Waals surface area (Å²) in [6.45, 7) is 6.82. The summed E-state index contributed by atoms with van der Waals surface area (Å²) in [4.78, 5) is 2.02. The third-order valence-corrected chi connectivity index (χ3v) is 4.62. The van der Waals surface area contributed by atoms with Crippen molar-refractivity contribution in [2.75, 3.05) is 31.9 Å². The average Bonchev–Trinajstić information content (AvgIpc) is 2.18. The Labute approximate surface area is 80.2 Å². The summed E-state index contributed by atoms with van der Waals surface area (Å²) in [6, 6.07) is 0. The summed E-state index contributed by atoms with van der Waals surface area (Å²) >= 11 is 0. The van der Waals surface area contributed by atoms with E-state index in [0.29, 0.717) is 6.54 Å². The number of hydrogen-bond donors (Lipinski definition) is 1. The Hall–Kier alpha value is -0.130. The van der Waals surface area contributed by atoms with Crippen LogP contribution in [0.5, 0.6) is 0 Å². The van der Waals surface area contributed by atoms with Crippen molar-refractivity contribution in [3.8, 4) is 0 Å². The van der Waals surface area contributed by atoms with E-state index in [-0.39, 0.29) is 11.1 Å². The minimum atomic E-state index is -2.92. The van der Waals surface area contributed by atoms with E-state index >= 15 is 0 Å². The molecule has 0 amide bonds. The van der Waals surface area contributed by atoms with Gasteiger partial charge in [0.1, 0.15) is 5.37 Å². The fourth-order valence-electron chi connectivity index (χ4n) is 1.63. The minimum Gasteiger partial charge on any atom is -0.313 e. The number of hydrogen-bond acceptors (Lipinski definition) is 4. The highest BCUT2D eigenvalue weighted by Gasteiger charge is 2.30. The smallest absolute Gasteiger partial charge is 0.167 e. The van der Waals surface area contributed by atoms with Crippen molar-refractivity contribution >= 4 is 9.84 Å². The second kappa shape index (κ2) is 4.39. The average molecular weight is 206 g/mol. The Morgan fingerprint density at radius 3 is 2.69 bits per heavy atom. The summed E-state index contributed by atoms with van der Waals surface area (Å²) in [5.74, 6) is 0.232. The molecule has 1 rings (SSSR count). The summed E-state index contributed by atoms with van der Waals surface area (Å²) in [5.41, 5.74) is 0. The third kappa shape index (κ3) is 2.42. The molecule has 0 aliphatic carbocycles. The van der Waals surface area contributed by atoms with Crippen LogP contribution in [0.3, 0.4) is 0 Å². The van der Waals surface area contributed by atoms with Gasteiger partial charge in [0.05, 0.1) is 0 Å². The maximum absolute atomic E-state index is 11.6. The number of nitrogens with one attached hydrogen (secondary N) is 1. The topological polar surface area (TPSA) is 49.4 Å². The van der Waals surface area contributed by atoms with Crippen LogP contribution in [0.15, 0.2) is 0 Å². The summed E-state index contributed by atoms with van der Waals surface area (Å²) in [6.07, 6.45) is 0. The van der Waals surface area contributed by atoms with E-state index < -0.39 is 9.84 Å². The Morgan fingerprint density at radius 2 is 2.15 bits per heavy atom. The molecule has 1 fully saturated rings. The summed E-state index contributed by atoms with van der Waals surface area (Å²) in [5, 5.41) is 2.81. The van der Waals surface area contributed by atoms with Gasteiger partial charge >= 0.3 is 0 Å². The summed E-state index contributed by atoms with van der Waals surface area (Å²) < 4.78 is 23.3. The molecule has 0 saturated carbocycles. The van der Waals surface area contributed by atoms with E-state index in [9.17, 15) is 8.42 Å². The molecule has 0 aromatic carbocycles. The Bertz CT molecular complexity index is 251. The normalized spacial score (nSPS) is 26.2. The lowest BCUT2D eigenvalue weighted by Crippen LogP contribution is -2.54. The first kappa shape index (κ1) is 10.9. The second-order valence-corrected chi connectivity index (χ2v) is 5.69. The fraction of sp³-hybridized carbons (Fsp3) is 1.00. The lowest BCUT2D eigenvalue weighted by atomic mass is 10.4. The molecule has 0 radical (unpaired) electrons. The first-order valence-electron chi connectivity index (χ1n) is 4.78. The zero-order valence-corrected chi connectivity index (χ0v) is 9.10. The maximum atomic E-state index is 11.6. The van der Waals surface area contributed by atoms with Gasteiger partial charge in [-0.1, -0.05) is 13.8 Å². The van der Waals surface area contributed by atoms with Gasteiger partial charge in [-0.05, 0) is 6.54 Å². The largest absolute Gasteiger partial charge is 0.313 e. The molecule has 1 N–H and O–H groups in total. The van der Waals surface area contributed by atoms with Crippen LogP contribution in [-0.2, 0) is 9.84 Å². The van der Waals surface area contributed by atoms with Gasteiger partial charge < -0.3 is 5.32 Å². The van der Waals surface area contributed by atoms with E-state index in [1.165, 1.54) is 0 Å². The molecule has 13 heavy (non-hydrogen) atoms. The molecule has 0 spiro atoms. The van der Waals surface area contributed by atoms with Crippen molar-refractivity contribution in [1.29, 1.82) is 0 Å². The van der Waals surface area contributed by atoms with Gasteiger partial charge in [-0.15, -0.1) is 0 Å². The van der Waals surface area contributed by atoms with Crippen LogP contribution in [0.25, 0.3) is 0 Å². The third-order valence-electron chi connectivity index (χ3n) is 2.53. The first-order chi connectivity index (χ1) is 6.11. The monoisotopic (exact) mass is 206 g/mol. The highest BCUT2D eigenvalue weighted by atomic mass is 32.2. The molecule has 1 saturated heterocycles. The second-order valence-electron chi connectivity index (χ2n) is 3.24. The molecule has 1 heterocycles. The number of piperazine rings is 1. The van der Waals surface area contributed by atoms with E-state index in [1.54, 1.807) is 6.92 Å². The predicted molar refractivity (Wildman–Crippen MR) is 53.4 cm³/mol. The van der Waals surface area contributed by atoms with Crippen molar-refractivity contribution in [3.05, 3.63) is 0 Å². The lowest BCUT2D eigenvalue weighted by molar-refractivity contribution is 0.221. The molecule has 1 aliphatic heterocycles. The highest BCUT2D eigenvalue weighted by Crippen LogP contribution is 2.10. The van der Waals surface area contributed by atoms with Crippen molar-refractivity contribution in [2.24, 2.45) is 0 Å². The Balaban J connectivity index is 2.75. The highest BCUT2D eigenvalue weighted by molar-refractivity contribution is 7.91. The van der Waals surface area contributed by atoms with Crippen molar-refractivity contribution in [2.45, 2.75) is 19.2 Å². The molecule has 5 heteroatoms. The molecule has 1 aliphatic rings. The number of likely N-dealkylation sites (N-methyl/N-ethyl adjacent to an activating group) is 1. The fourth-order valence-corrected chi connectivity index (χ4v) is 3.09. The van der Waals surface area contributed by atoms with Crippen molar-refractivity contribution < 1.29 is 8.42 Å². The number of nitrogens with zero attached hydrogens (tertiary/aromatic N) is 1. The minimum absolute atomic E-state index is 0.232. The van der Waals surface area contributed by atoms with E-state index in [2.05, 4.69) is 5.32 Å². The molecular weight excluding hydrogens is 188 g/mol. The Kier molecular flexibility index (Phi) is 3.70. The molecule has 0 aromatic heterocycles. The molecule has 0 bridgehead atoms. The van der Waals surface area contributed by atoms with Crippen LogP contribution in [0.2, 0.25) is 0 Å². The lowest BCUT2D eigenvalue weighted by Gasteiger charge is -2.34. The molecular formula is C8H18N2O2S. The van der Waals surface area contributed by atoms with E-state index in [0.717, 1.165) is 19.6 Å². The van der Waals surface area contributed by atoms with E-state index in [1.807, 2.05) is 11.8 Å².